The smallest absolute Gasteiger partial charge is 0.193 e. The van der Waals surface area contributed by atoms with Crippen LogP contribution in [0.5, 0.6) is 0 Å². The van der Waals surface area contributed by atoms with Crippen LogP contribution in [0, 0.1) is 12.3 Å². The molecule has 2 N–H and O–H groups in total. The van der Waals surface area contributed by atoms with Gasteiger partial charge in [0.1, 0.15) is 5.76 Å². The van der Waals surface area contributed by atoms with Crippen molar-refractivity contribution in [3.8, 4) is 0 Å². The van der Waals surface area contributed by atoms with E-state index in [1.807, 2.05) is 26.1 Å². The van der Waals surface area contributed by atoms with Gasteiger partial charge in [-0.2, -0.15) is 0 Å². The van der Waals surface area contributed by atoms with Crippen molar-refractivity contribution in [3.05, 3.63) is 17.9 Å². The van der Waals surface area contributed by atoms with Crippen molar-refractivity contribution in [1.29, 1.82) is 0 Å². The second-order valence-corrected chi connectivity index (χ2v) is 4.29. The number of rotatable bonds is 5. The van der Waals surface area contributed by atoms with Crippen LogP contribution in [0.25, 0.3) is 0 Å². The van der Waals surface area contributed by atoms with E-state index >= 15 is 0 Å². The Labute approximate surface area is 84.9 Å². The maximum Gasteiger partial charge on any atom is 0.193 e. The van der Waals surface area contributed by atoms with E-state index < -0.39 is 0 Å². The van der Waals surface area contributed by atoms with Crippen LogP contribution in [0.1, 0.15) is 18.6 Å². The van der Waals surface area contributed by atoms with Crippen molar-refractivity contribution >= 4 is 5.88 Å². The van der Waals surface area contributed by atoms with Gasteiger partial charge in [-0.3, -0.25) is 0 Å². The average molecular weight is 194 g/mol. The minimum atomic E-state index is 0.482. The molecule has 0 amide bonds. The first-order chi connectivity index (χ1) is 6.74. The van der Waals surface area contributed by atoms with E-state index in [9.17, 15) is 0 Å². The topological polar surface area (TPSA) is 37.2 Å². The van der Waals surface area contributed by atoms with E-state index in [-0.39, 0.29) is 0 Å². The van der Waals surface area contributed by atoms with Crippen LogP contribution in [0.3, 0.4) is 0 Å². The summed E-state index contributed by atoms with van der Waals surface area (Å²) in [7, 11) is 2.01. The highest BCUT2D eigenvalue weighted by atomic mass is 16.4. The maximum absolute atomic E-state index is 5.45. The molecule has 3 nitrogen and oxygen atoms in total. The summed E-state index contributed by atoms with van der Waals surface area (Å²) in [6.07, 6.45) is 2.64. The van der Waals surface area contributed by atoms with E-state index in [0.29, 0.717) is 5.41 Å². The maximum atomic E-state index is 5.45. The van der Waals surface area contributed by atoms with Gasteiger partial charge in [-0.05, 0) is 32.9 Å². The molecule has 0 aromatic carbocycles. The fourth-order valence-corrected chi connectivity index (χ4v) is 1.77. The van der Waals surface area contributed by atoms with Crippen molar-refractivity contribution in [2.75, 3.05) is 25.5 Å². The van der Waals surface area contributed by atoms with Gasteiger partial charge in [-0.25, -0.2) is 0 Å². The molecule has 0 bridgehead atoms. The first-order valence-electron chi connectivity index (χ1n) is 5.19. The molecule has 1 aliphatic carbocycles. The number of aryl methyl sites for hydroxylation is 1. The van der Waals surface area contributed by atoms with Crippen LogP contribution in [-0.4, -0.2) is 20.1 Å². The lowest BCUT2D eigenvalue weighted by atomic mass is 10.1. The average Bonchev–Trinajstić information content (AvgIpc) is 2.80. The second kappa shape index (κ2) is 3.65. The molecule has 1 aromatic heterocycles. The summed E-state index contributed by atoms with van der Waals surface area (Å²) >= 11 is 0. The van der Waals surface area contributed by atoms with Crippen molar-refractivity contribution < 1.29 is 4.42 Å². The predicted octanol–water partition coefficient (Wildman–Crippen LogP) is 2.00. The largest absolute Gasteiger partial charge is 0.446 e. The van der Waals surface area contributed by atoms with Crippen LogP contribution < -0.4 is 10.6 Å². The number of anilines is 1. The highest BCUT2D eigenvalue weighted by molar-refractivity contribution is 5.32. The van der Waals surface area contributed by atoms with Gasteiger partial charge in [-0.15, -0.1) is 0 Å². The normalized spacial score (nSPS) is 18.1. The third-order valence-corrected chi connectivity index (χ3v) is 2.89. The summed E-state index contributed by atoms with van der Waals surface area (Å²) in [5.74, 6) is 1.86. The van der Waals surface area contributed by atoms with Crippen LogP contribution in [0.15, 0.2) is 16.5 Å². The Hall–Kier alpha value is -0.960. The monoisotopic (exact) mass is 194 g/mol. The molecule has 14 heavy (non-hydrogen) atoms. The van der Waals surface area contributed by atoms with Crippen LogP contribution in [0.4, 0.5) is 5.88 Å². The molecule has 0 saturated heterocycles. The molecule has 0 spiro atoms. The number of furan rings is 1. The molecule has 0 radical (unpaired) electrons. The fourth-order valence-electron chi connectivity index (χ4n) is 1.77. The Morgan fingerprint density at radius 3 is 2.64 bits per heavy atom. The van der Waals surface area contributed by atoms with Gasteiger partial charge in [0.25, 0.3) is 0 Å². The van der Waals surface area contributed by atoms with Gasteiger partial charge >= 0.3 is 0 Å². The van der Waals surface area contributed by atoms with E-state index in [1.165, 1.54) is 12.8 Å². The summed E-state index contributed by atoms with van der Waals surface area (Å²) in [5.41, 5.74) is 0.482. The Balaban J connectivity index is 1.82. The molecule has 0 unspecified atom stereocenters. The summed E-state index contributed by atoms with van der Waals surface area (Å²) in [5, 5.41) is 6.59. The molecule has 0 atom stereocenters. The third kappa shape index (κ3) is 2.10. The fraction of sp³-hybridized carbons (Fsp3) is 0.636. The zero-order valence-electron chi connectivity index (χ0n) is 8.89. The lowest BCUT2D eigenvalue weighted by Gasteiger charge is -2.14. The van der Waals surface area contributed by atoms with E-state index in [0.717, 1.165) is 24.7 Å². The van der Waals surface area contributed by atoms with Gasteiger partial charge in [0, 0.05) is 24.6 Å². The molecular weight excluding hydrogens is 176 g/mol. The Kier molecular flexibility index (Phi) is 2.50. The summed E-state index contributed by atoms with van der Waals surface area (Å²) in [4.78, 5) is 0. The number of nitrogens with one attached hydrogen (secondary N) is 2. The number of hydrogen-bond donors (Lipinski definition) is 2. The Morgan fingerprint density at radius 1 is 1.36 bits per heavy atom. The molecular formula is C11H18N2O. The predicted molar refractivity (Wildman–Crippen MR) is 57.5 cm³/mol. The second-order valence-electron chi connectivity index (χ2n) is 4.29. The van der Waals surface area contributed by atoms with E-state index in [4.69, 9.17) is 4.42 Å². The standard InChI is InChI=1S/C11H18N2O/c1-9-3-4-10(14-9)13-8-11(5-6-11)7-12-2/h3-4,12-13H,5-8H2,1-2H3. The molecule has 1 heterocycles. The van der Waals surface area contributed by atoms with Crippen molar-refractivity contribution in [1.82, 2.24) is 5.32 Å². The molecule has 1 saturated carbocycles. The van der Waals surface area contributed by atoms with Crippen molar-refractivity contribution in [2.45, 2.75) is 19.8 Å². The highest BCUT2D eigenvalue weighted by Gasteiger charge is 2.41. The summed E-state index contributed by atoms with van der Waals surface area (Å²) in [6.45, 7) is 4.08. The van der Waals surface area contributed by atoms with Crippen LogP contribution >= 0.6 is 0 Å². The lowest BCUT2D eigenvalue weighted by molar-refractivity contribution is 0.489. The zero-order chi connectivity index (χ0) is 10.0. The van der Waals surface area contributed by atoms with Gasteiger partial charge < -0.3 is 15.1 Å². The minimum Gasteiger partial charge on any atom is -0.446 e. The molecule has 1 fully saturated rings. The van der Waals surface area contributed by atoms with Gasteiger partial charge in [0.2, 0.25) is 0 Å². The van der Waals surface area contributed by atoms with Gasteiger partial charge in [-0.1, -0.05) is 0 Å². The highest BCUT2D eigenvalue weighted by Crippen LogP contribution is 2.44. The first kappa shape index (κ1) is 9.59. The minimum absolute atomic E-state index is 0.482. The van der Waals surface area contributed by atoms with Crippen molar-refractivity contribution in [3.63, 3.8) is 0 Å². The van der Waals surface area contributed by atoms with Crippen LogP contribution in [0.2, 0.25) is 0 Å². The molecule has 0 aliphatic heterocycles. The van der Waals surface area contributed by atoms with Gasteiger partial charge in [0.15, 0.2) is 5.88 Å². The zero-order valence-corrected chi connectivity index (χ0v) is 8.89. The van der Waals surface area contributed by atoms with E-state index in [2.05, 4.69) is 10.6 Å². The number of hydrogen-bond acceptors (Lipinski definition) is 3. The van der Waals surface area contributed by atoms with E-state index in [1.54, 1.807) is 0 Å². The SMILES string of the molecule is CNCC1(CNc2ccc(C)o2)CC1. The van der Waals surface area contributed by atoms with Gasteiger partial charge in [0.05, 0.1) is 0 Å². The Bertz CT molecular complexity index is 302. The molecule has 78 valence electrons. The summed E-state index contributed by atoms with van der Waals surface area (Å²) < 4.78 is 5.45. The Morgan fingerprint density at radius 2 is 2.14 bits per heavy atom. The molecule has 2 rings (SSSR count). The van der Waals surface area contributed by atoms with Crippen LogP contribution in [-0.2, 0) is 0 Å². The third-order valence-electron chi connectivity index (χ3n) is 2.89. The quantitative estimate of drug-likeness (QED) is 0.752. The molecule has 3 heteroatoms. The first-order valence-corrected chi connectivity index (χ1v) is 5.19. The van der Waals surface area contributed by atoms with Crippen molar-refractivity contribution in [2.24, 2.45) is 5.41 Å². The molecule has 1 aliphatic rings. The summed E-state index contributed by atoms with van der Waals surface area (Å²) in [6, 6.07) is 3.98. The molecule has 1 aromatic rings. The lowest BCUT2D eigenvalue weighted by Crippen LogP contribution is -2.26.